The second-order valence-corrected chi connectivity index (χ2v) is 4.20. The molecule has 0 bridgehead atoms. The van der Waals surface area contributed by atoms with E-state index in [0.29, 0.717) is 11.3 Å². The van der Waals surface area contributed by atoms with Crippen LogP contribution in [0.2, 0.25) is 0 Å². The summed E-state index contributed by atoms with van der Waals surface area (Å²) in [4.78, 5) is 16.6. The molecule has 0 aliphatic rings. The van der Waals surface area contributed by atoms with Crippen molar-refractivity contribution in [2.45, 2.75) is 0 Å². The number of hydrogen-bond donors (Lipinski definition) is 0. The van der Waals surface area contributed by atoms with E-state index >= 15 is 0 Å². The predicted octanol–water partition coefficient (Wildman–Crippen LogP) is 2.60. The van der Waals surface area contributed by atoms with Crippen molar-refractivity contribution in [2.24, 2.45) is 7.05 Å². The van der Waals surface area contributed by atoms with Crippen LogP contribution in [-0.4, -0.2) is 9.55 Å². The van der Waals surface area contributed by atoms with E-state index in [9.17, 15) is 4.79 Å². The average molecular weight is 236 g/mol. The van der Waals surface area contributed by atoms with E-state index in [1.807, 2.05) is 48.5 Å². The zero-order valence-electron chi connectivity index (χ0n) is 10.00. The molecule has 0 spiro atoms. The van der Waals surface area contributed by atoms with E-state index in [2.05, 4.69) is 4.98 Å². The van der Waals surface area contributed by atoms with Crippen molar-refractivity contribution in [2.75, 3.05) is 0 Å². The minimum absolute atomic E-state index is 0.0209. The standard InChI is InChI=1S/C15H12N2O/c1-17-14-8-3-2-6-11(14)10-12(15(17)18)13-7-4-5-9-16-13/h2-10H,1H3. The molecular weight excluding hydrogens is 224 g/mol. The van der Waals surface area contributed by atoms with Gasteiger partial charge in [-0.05, 0) is 29.7 Å². The summed E-state index contributed by atoms with van der Waals surface area (Å²) in [7, 11) is 1.79. The molecule has 3 rings (SSSR count). The van der Waals surface area contributed by atoms with Gasteiger partial charge in [-0.2, -0.15) is 0 Å². The molecular formula is C15H12N2O. The molecule has 0 saturated heterocycles. The third-order valence-corrected chi connectivity index (χ3v) is 3.07. The first-order valence-electron chi connectivity index (χ1n) is 5.77. The molecule has 0 aliphatic carbocycles. The second kappa shape index (κ2) is 4.11. The van der Waals surface area contributed by atoms with Crippen LogP contribution in [0.1, 0.15) is 0 Å². The van der Waals surface area contributed by atoms with Crippen molar-refractivity contribution >= 4 is 10.9 Å². The van der Waals surface area contributed by atoms with Crippen LogP contribution in [0.5, 0.6) is 0 Å². The van der Waals surface area contributed by atoms with E-state index in [1.165, 1.54) is 0 Å². The maximum absolute atomic E-state index is 12.3. The summed E-state index contributed by atoms with van der Waals surface area (Å²) in [5.74, 6) is 0. The van der Waals surface area contributed by atoms with Gasteiger partial charge in [0, 0.05) is 13.2 Å². The second-order valence-electron chi connectivity index (χ2n) is 4.20. The SMILES string of the molecule is Cn1c(=O)c(-c2ccccn2)cc2ccccc21. The number of fused-ring (bicyclic) bond motifs is 1. The van der Waals surface area contributed by atoms with Crippen LogP contribution in [0.15, 0.2) is 59.5 Å². The Kier molecular flexibility index (Phi) is 2.45. The van der Waals surface area contributed by atoms with Gasteiger partial charge in [0.05, 0.1) is 16.8 Å². The number of aryl methyl sites for hydroxylation is 1. The lowest BCUT2D eigenvalue weighted by atomic mass is 10.1. The summed E-state index contributed by atoms with van der Waals surface area (Å²) >= 11 is 0. The number of benzene rings is 1. The summed E-state index contributed by atoms with van der Waals surface area (Å²) < 4.78 is 1.67. The number of nitrogens with zero attached hydrogens (tertiary/aromatic N) is 2. The van der Waals surface area contributed by atoms with Crippen LogP contribution in [0, 0.1) is 0 Å². The van der Waals surface area contributed by atoms with E-state index in [0.717, 1.165) is 10.9 Å². The lowest BCUT2D eigenvalue weighted by Crippen LogP contribution is -2.19. The normalized spacial score (nSPS) is 10.7. The number of rotatable bonds is 1. The quantitative estimate of drug-likeness (QED) is 0.651. The largest absolute Gasteiger partial charge is 0.311 e. The van der Waals surface area contributed by atoms with Crippen LogP contribution in [0.4, 0.5) is 0 Å². The van der Waals surface area contributed by atoms with E-state index < -0.39 is 0 Å². The highest BCUT2D eigenvalue weighted by molar-refractivity contribution is 5.83. The van der Waals surface area contributed by atoms with Crippen LogP contribution in [0.3, 0.4) is 0 Å². The van der Waals surface area contributed by atoms with Crippen molar-refractivity contribution in [3.8, 4) is 11.3 Å². The van der Waals surface area contributed by atoms with Gasteiger partial charge in [-0.25, -0.2) is 0 Å². The molecule has 2 heterocycles. The molecule has 3 heteroatoms. The van der Waals surface area contributed by atoms with Gasteiger partial charge in [-0.3, -0.25) is 9.78 Å². The van der Waals surface area contributed by atoms with Crippen molar-refractivity contribution in [3.63, 3.8) is 0 Å². The Bertz CT molecular complexity index is 760. The maximum atomic E-state index is 12.3. The molecule has 88 valence electrons. The Morgan fingerprint density at radius 3 is 2.61 bits per heavy atom. The summed E-state index contributed by atoms with van der Waals surface area (Å²) in [5, 5.41) is 1.04. The fourth-order valence-corrected chi connectivity index (χ4v) is 2.13. The molecule has 0 unspecified atom stereocenters. The first-order valence-corrected chi connectivity index (χ1v) is 5.77. The molecule has 0 amide bonds. The lowest BCUT2D eigenvalue weighted by molar-refractivity contribution is 0.907. The minimum Gasteiger partial charge on any atom is -0.311 e. The molecule has 2 aromatic heterocycles. The van der Waals surface area contributed by atoms with Gasteiger partial charge >= 0.3 is 0 Å². The Morgan fingerprint density at radius 1 is 1.06 bits per heavy atom. The van der Waals surface area contributed by atoms with Crippen LogP contribution >= 0.6 is 0 Å². The molecule has 0 saturated carbocycles. The topological polar surface area (TPSA) is 34.9 Å². The van der Waals surface area contributed by atoms with Gasteiger partial charge < -0.3 is 4.57 Å². The molecule has 18 heavy (non-hydrogen) atoms. The highest BCUT2D eigenvalue weighted by Gasteiger charge is 2.08. The molecule has 0 fully saturated rings. The average Bonchev–Trinajstić information content (AvgIpc) is 2.44. The third kappa shape index (κ3) is 1.61. The van der Waals surface area contributed by atoms with Gasteiger partial charge in [0.15, 0.2) is 0 Å². The zero-order valence-corrected chi connectivity index (χ0v) is 10.00. The predicted molar refractivity (Wildman–Crippen MR) is 72.4 cm³/mol. The van der Waals surface area contributed by atoms with Crippen molar-refractivity contribution < 1.29 is 0 Å². The smallest absolute Gasteiger partial charge is 0.260 e. The van der Waals surface area contributed by atoms with Gasteiger partial charge in [-0.1, -0.05) is 24.3 Å². The van der Waals surface area contributed by atoms with Crippen LogP contribution in [-0.2, 0) is 7.05 Å². The first kappa shape index (κ1) is 10.7. The number of aromatic nitrogens is 2. The maximum Gasteiger partial charge on any atom is 0.260 e. The molecule has 0 aliphatic heterocycles. The van der Waals surface area contributed by atoms with E-state index in [4.69, 9.17) is 0 Å². The molecule has 0 N–H and O–H groups in total. The summed E-state index contributed by atoms with van der Waals surface area (Å²) in [5.41, 5.74) is 2.26. The summed E-state index contributed by atoms with van der Waals surface area (Å²) in [6.07, 6.45) is 1.70. The molecule has 3 nitrogen and oxygen atoms in total. The highest BCUT2D eigenvalue weighted by Crippen LogP contribution is 2.18. The molecule has 0 radical (unpaired) electrons. The van der Waals surface area contributed by atoms with Crippen LogP contribution in [0.25, 0.3) is 22.2 Å². The van der Waals surface area contributed by atoms with Gasteiger partial charge in [0.1, 0.15) is 0 Å². The van der Waals surface area contributed by atoms with E-state index in [-0.39, 0.29) is 5.56 Å². The van der Waals surface area contributed by atoms with Gasteiger partial charge in [0.2, 0.25) is 0 Å². The third-order valence-electron chi connectivity index (χ3n) is 3.07. The van der Waals surface area contributed by atoms with E-state index in [1.54, 1.807) is 17.8 Å². The fourth-order valence-electron chi connectivity index (χ4n) is 2.13. The molecule has 0 atom stereocenters. The fraction of sp³-hybridized carbons (Fsp3) is 0.0667. The first-order chi connectivity index (χ1) is 8.77. The Hall–Kier alpha value is -2.42. The molecule has 3 aromatic rings. The van der Waals surface area contributed by atoms with Gasteiger partial charge in [-0.15, -0.1) is 0 Å². The number of hydrogen-bond acceptors (Lipinski definition) is 2. The Balaban J connectivity index is 2.38. The summed E-state index contributed by atoms with van der Waals surface area (Å²) in [6.45, 7) is 0. The van der Waals surface area contributed by atoms with Crippen LogP contribution < -0.4 is 5.56 Å². The number of para-hydroxylation sites is 1. The lowest BCUT2D eigenvalue weighted by Gasteiger charge is -2.08. The minimum atomic E-state index is -0.0209. The van der Waals surface area contributed by atoms with Crippen molar-refractivity contribution in [1.29, 1.82) is 0 Å². The Morgan fingerprint density at radius 2 is 1.83 bits per heavy atom. The monoisotopic (exact) mass is 236 g/mol. The van der Waals surface area contributed by atoms with Crippen molar-refractivity contribution in [3.05, 3.63) is 65.1 Å². The molecule has 1 aromatic carbocycles. The Labute approximate surface area is 104 Å². The summed E-state index contributed by atoms with van der Waals surface area (Å²) in [6, 6.07) is 15.3. The van der Waals surface area contributed by atoms with Crippen molar-refractivity contribution in [1.82, 2.24) is 9.55 Å². The zero-order chi connectivity index (χ0) is 12.5. The van der Waals surface area contributed by atoms with Gasteiger partial charge in [0.25, 0.3) is 5.56 Å². The number of pyridine rings is 2. The highest BCUT2D eigenvalue weighted by atomic mass is 16.1.